The van der Waals surface area contributed by atoms with Crippen LogP contribution in [0.15, 0.2) is 18.2 Å². The lowest BCUT2D eigenvalue weighted by molar-refractivity contribution is -0.145. The van der Waals surface area contributed by atoms with Crippen LogP contribution >= 0.6 is 0 Å². The Labute approximate surface area is 123 Å². The predicted molar refractivity (Wildman–Crippen MR) is 76.2 cm³/mol. The second-order valence-electron chi connectivity index (χ2n) is 5.37. The maximum Gasteiger partial charge on any atom is 0.313 e. The third-order valence-corrected chi connectivity index (χ3v) is 3.89. The largest absolute Gasteiger partial charge is 0.454 e. The fraction of sp³-hybridized carbons (Fsp3) is 0.467. The number of likely N-dealkylation sites (tertiary alicyclic amines) is 1. The van der Waals surface area contributed by atoms with Crippen LogP contribution in [-0.2, 0) is 9.59 Å². The van der Waals surface area contributed by atoms with Gasteiger partial charge in [-0.2, -0.15) is 0 Å². The highest BCUT2D eigenvalue weighted by Crippen LogP contribution is 2.34. The Morgan fingerprint density at radius 1 is 1.24 bits per heavy atom. The average Bonchev–Trinajstić information content (AvgIpc) is 2.94. The molecule has 1 atom stereocenters. The molecule has 6 heteroatoms. The fourth-order valence-corrected chi connectivity index (χ4v) is 2.69. The van der Waals surface area contributed by atoms with Crippen molar-refractivity contribution in [2.45, 2.75) is 32.2 Å². The van der Waals surface area contributed by atoms with Crippen molar-refractivity contribution >= 4 is 17.5 Å². The number of fused-ring (bicyclic) bond motifs is 1. The topological polar surface area (TPSA) is 67.9 Å². The molecule has 3 rings (SSSR count). The first-order chi connectivity index (χ1) is 10.1. The molecular formula is C15H18N2O4. The van der Waals surface area contributed by atoms with E-state index in [1.54, 1.807) is 23.1 Å². The number of rotatable bonds is 1. The third kappa shape index (κ3) is 2.79. The van der Waals surface area contributed by atoms with E-state index in [9.17, 15) is 9.59 Å². The molecule has 2 amide bonds. The summed E-state index contributed by atoms with van der Waals surface area (Å²) in [5.41, 5.74) is 0.530. The Morgan fingerprint density at radius 2 is 2.05 bits per heavy atom. The molecule has 1 fully saturated rings. The number of hydrogen-bond donors (Lipinski definition) is 1. The monoisotopic (exact) mass is 290 g/mol. The van der Waals surface area contributed by atoms with Gasteiger partial charge < -0.3 is 19.7 Å². The number of carbonyl (C=O) groups excluding carboxylic acids is 2. The normalized spacial score (nSPS) is 20.2. The Hall–Kier alpha value is -2.24. The van der Waals surface area contributed by atoms with Crippen molar-refractivity contribution in [1.29, 1.82) is 0 Å². The maximum absolute atomic E-state index is 12.2. The van der Waals surface area contributed by atoms with E-state index in [2.05, 4.69) is 5.32 Å². The van der Waals surface area contributed by atoms with Crippen molar-refractivity contribution < 1.29 is 19.1 Å². The number of piperidine rings is 1. The number of hydrogen-bond acceptors (Lipinski definition) is 4. The molecule has 2 aliphatic heterocycles. The van der Waals surface area contributed by atoms with Crippen molar-refractivity contribution in [3.63, 3.8) is 0 Å². The molecule has 1 aromatic carbocycles. The number of nitrogens with one attached hydrogen (secondary N) is 1. The van der Waals surface area contributed by atoms with Gasteiger partial charge >= 0.3 is 11.8 Å². The number of anilines is 1. The van der Waals surface area contributed by atoms with Crippen molar-refractivity contribution in [3.8, 4) is 11.5 Å². The van der Waals surface area contributed by atoms with Crippen molar-refractivity contribution in [3.05, 3.63) is 18.2 Å². The molecule has 0 spiro atoms. The summed E-state index contributed by atoms with van der Waals surface area (Å²) in [6.07, 6.45) is 3.01. The van der Waals surface area contributed by atoms with Gasteiger partial charge in [-0.1, -0.05) is 0 Å². The first-order valence-corrected chi connectivity index (χ1v) is 7.17. The van der Waals surface area contributed by atoms with Gasteiger partial charge in [-0.3, -0.25) is 9.59 Å². The zero-order valence-electron chi connectivity index (χ0n) is 11.9. The highest BCUT2D eigenvalue weighted by molar-refractivity contribution is 6.39. The minimum atomic E-state index is -0.609. The Bertz CT molecular complexity index is 573. The molecule has 1 N–H and O–H groups in total. The average molecular weight is 290 g/mol. The molecule has 0 radical (unpaired) electrons. The second kappa shape index (κ2) is 5.63. The van der Waals surface area contributed by atoms with Gasteiger partial charge in [0.05, 0.1) is 0 Å². The van der Waals surface area contributed by atoms with Crippen molar-refractivity contribution in [2.75, 3.05) is 18.7 Å². The summed E-state index contributed by atoms with van der Waals surface area (Å²) in [6, 6.07) is 5.19. The predicted octanol–water partition coefficient (Wildman–Crippen LogP) is 1.75. The van der Waals surface area contributed by atoms with Gasteiger partial charge in [-0.15, -0.1) is 0 Å². The standard InChI is InChI=1S/C15H18N2O4/c1-10-4-2-3-7-17(10)15(19)14(18)16-11-5-6-12-13(8-11)21-9-20-12/h5-6,8,10H,2-4,7,9H2,1H3,(H,16,18). The van der Waals surface area contributed by atoms with Gasteiger partial charge in [-0.25, -0.2) is 0 Å². The fourth-order valence-electron chi connectivity index (χ4n) is 2.69. The van der Waals surface area contributed by atoms with Crippen LogP contribution in [0.5, 0.6) is 11.5 Å². The van der Waals surface area contributed by atoms with E-state index in [0.29, 0.717) is 23.7 Å². The Balaban J connectivity index is 1.67. The van der Waals surface area contributed by atoms with Crippen LogP contribution < -0.4 is 14.8 Å². The molecule has 1 aromatic rings. The maximum atomic E-state index is 12.2. The smallest absolute Gasteiger partial charge is 0.313 e. The molecule has 21 heavy (non-hydrogen) atoms. The van der Waals surface area contributed by atoms with E-state index in [1.807, 2.05) is 6.92 Å². The van der Waals surface area contributed by atoms with Gasteiger partial charge in [0.2, 0.25) is 6.79 Å². The van der Waals surface area contributed by atoms with E-state index < -0.39 is 11.8 Å². The Kier molecular flexibility index (Phi) is 3.68. The second-order valence-corrected chi connectivity index (χ2v) is 5.37. The zero-order chi connectivity index (χ0) is 14.8. The van der Waals surface area contributed by atoms with E-state index >= 15 is 0 Å². The minimum Gasteiger partial charge on any atom is -0.454 e. The molecule has 1 unspecified atom stereocenters. The van der Waals surface area contributed by atoms with E-state index in [0.717, 1.165) is 19.3 Å². The summed E-state index contributed by atoms with van der Waals surface area (Å²) in [5.74, 6) is 0.137. The number of ether oxygens (including phenoxy) is 2. The molecule has 2 aliphatic rings. The number of benzene rings is 1. The summed E-state index contributed by atoms with van der Waals surface area (Å²) in [7, 11) is 0. The van der Waals surface area contributed by atoms with Gasteiger partial charge in [0.15, 0.2) is 11.5 Å². The van der Waals surface area contributed by atoms with Crippen LogP contribution in [0, 0.1) is 0 Å². The van der Waals surface area contributed by atoms with Gasteiger partial charge in [0.25, 0.3) is 0 Å². The quantitative estimate of drug-likeness (QED) is 0.800. The first-order valence-electron chi connectivity index (χ1n) is 7.17. The third-order valence-electron chi connectivity index (χ3n) is 3.89. The van der Waals surface area contributed by atoms with Gasteiger partial charge in [-0.05, 0) is 38.3 Å². The van der Waals surface area contributed by atoms with Crippen LogP contribution in [0.3, 0.4) is 0 Å². The zero-order valence-corrected chi connectivity index (χ0v) is 11.9. The summed E-state index contributed by atoms with van der Waals surface area (Å²) in [4.78, 5) is 25.9. The molecular weight excluding hydrogens is 272 g/mol. The molecule has 2 heterocycles. The van der Waals surface area contributed by atoms with Crippen LogP contribution in [0.1, 0.15) is 26.2 Å². The lowest BCUT2D eigenvalue weighted by atomic mass is 10.0. The number of nitrogens with zero attached hydrogens (tertiary/aromatic N) is 1. The first kappa shape index (κ1) is 13.7. The van der Waals surface area contributed by atoms with E-state index in [-0.39, 0.29) is 12.8 Å². The van der Waals surface area contributed by atoms with Crippen molar-refractivity contribution in [2.24, 2.45) is 0 Å². The van der Waals surface area contributed by atoms with Crippen LogP contribution in [0.4, 0.5) is 5.69 Å². The molecule has 0 bridgehead atoms. The molecule has 0 saturated carbocycles. The number of amides is 2. The summed E-state index contributed by atoms with van der Waals surface area (Å²) in [5, 5.41) is 2.62. The van der Waals surface area contributed by atoms with Gasteiger partial charge in [0.1, 0.15) is 0 Å². The minimum absolute atomic E-state index is 0.119. The summed E-state index contributed by atoms with van der Waals surface area (Å²) < 4.78 is 10.5. The molecule has 0 aliphatic carbocycles. The van der Waals surface area contributed by atoms with E-state index in [4.69, 9.17) is 9.47 Å². The molecule has 112 valence electrons. The number of carbonyl (C=O) groups is 2. The van der Waals surface area contributed by atoms with Crippen LogP contribution in [0.25, 0.3) is 0 Å². The van der Waals surface area contributed by atoms with E-state index in [1.165, 1.54) is 0 Å². The molecule has 1 saturated heterocycles. The highest BCUT2D eigenvalue weighted by atomic mass is 16.7. The van der Waals surface area contributed by atoms with Crippen LogP contribution in [0.2, 0.25) is 0 Å². The molecule has 6 nitrogen and oxygen atoms in total. The molecule has 0 aromatic heterocycles. The lowest BCUT2D eigenvalue weighted by Gasteiger charge is -2.32. The van der Waals surface area contributed by atoms with Gasteiger partial charge in [0, 0.05) is 24.3 Å². The lowest BCUT2D eigenvalue weighted by Crippen LogP contribution is -2.47. The Morgan fingerprint density at radius 3 is 2.86 bits per heavy atom. The summed E-state index contributed by atoms with van der Waals surface area (Å²) in [6.45, 7) is 2.80. The van der Waals surface area contributed by atoms with Crippen LogP contribution in [-0.4, -0.2) is 36.1 Å². The SMILES string of the molecule is CC1CCCCN1C(=O)C(=O)Nc1ccc2c(c1)OCO2. The summed E-state index contributed by atoms with van der Waals surface area (Å²) >= 11 is 0. The highest BCUT2D eigenvalue weighted by Gasteiger charge is 2.28. The van der Waals surface area contributed by atoms with Crippen molar-refractivity contribution in [1.82, 2.24) is 4.90 Å².